The van der Waals surface area contributed by atoms with Crippen LogP contribution in [0.1, 0.15) is 34.1 Å². The summed E-state index contributed by atoms with van der Waals surface area (Å²) >= 11 is 5.88. The van der Waals surface area contributed by atoms with Crippen LogP contribution in [0.4, 0.5) is 22.0 Å². The fourth-order valence-electron chi connectivity index (χ4n) is 2.34. The molecular weight excluding hydrogens is 347 g/mol. The van der Waals surface area contributed by atoms with Gasteiger partial charge in [-0.15, -0.1) is 0 Å². The van der Waals surface area contributed by atoms with Gasteiger partial charge in [-0.25, -0.2) is 18.1 Å². The molecular formula is C13H8ClF5N2O2. The molecule has 3 rings (SSSR count). The monoisotopic (exact) mass is 354 g/mol. The Kier molecular flexibility index (Phi) is 3.33. The number of nitrogens with zero attached hydrogens (tertiary/aromatic N) is 2. The summed E-state index contributed by atoms with van der Waals surface area (Å²) in [4.78, 5) is 11.5. The maximum atomic E-state index is 13.2. The summed E-state index contributed by atoms with van der Waals surface area (Å²) in [6.45, 7) is 0. The standard InChI is InChI=1S/C13H8ClF5N2O2/c1-23-11(22)10-9(14)7-2-5(6-4-12(6,15)16)3-8(13(17,18)19)21(7)20-10/h2-3,6H,4H2,1H3. The predicted molar refractivity (Wildman–Crippen MR) is 68.8 cm³/mol. The molecule has 0 bridgehead atoms. The fraction of sp³-hybridized carbons (Fsp3) is 0.385. The molecule has 0 aliphatic heterocycles. The smallest absolute Gasteiger partial charge is 0.433 e. The van der Waals surface area contributed by atoms with Gasteiger partial charge in [0, 0.05) is 6.42 Å². The van der Waals surface area contributed by atoms with Crippen LogP contribution < -0.4 is 0 Å². The molecule has 124 valence electrons. The second kappa shape index (κ2) is 4.80. The summed E-state index contributed by atoms with van der Waals surface area (Å²) < 4.78 is 70.8. The molecule has 2 heterocycles. The van der Waals surface area contributed by atoms with E-state index in [1.807, 2.05) is 0 Å². The largest absolute Gasteiger partial charge is 0.464 e. The van der Waals surface area contributed by atoms with Crippen LogP contribution in [0.5, 0.6) is 0 Å². The topological polar surface area (TPSA) is 43.6 Å². The Morgan fingerprint density at radius 1 is 1.43 bits per heavy atom. The van der Waals surface area contributed by atoms with E-state index >= 15 is 0 Å². The third kappa shape index (κ3) is 2.52. The molecule has 0 N–H and O–H groups in total. The Bertz CT molecular complexity index is 815. The van der Waals surface area contributed by atoms with Gasteiger partial charge in [0.15, 0.2) is 5.69 Å². The summed E-state index contributed by atoms with van der Waals surface area (Å²) in [6, 6.07) is 1.69. The normalized spacial score (nSPS) is 19.9. The highest BCUT2D eigenvalue weighted by Gasteiger charge is 2.58. The number of rotatable bonds is 2. The molecule has 10 heteroatoms. The number of methoxy groups -OCH3 is 1. The number of halogens is 6. The first-order valence-corrected chi connectivity index (χ1v) is 6.69. The van der Waals surface area contributed by atoms with E-state index in [1.54, 1.807) is 0 Å². The number of fused-ring (bicyclic) bond motifs is 1. The number of hydrogen-bond donors (Lipinski definition) is 0. The van der Waals surface area contributed by atoms with Gasteiger partial charge in [-0.3, -0.25) is 0 Å². The summed E-state index contributed by atoms with van der Waals surface area (Å²) in [6.07, 6.45) is -5.39. The molecule has 0 aromatic carbocycles. The van der Waals surface area contributed by atoms with Gasteiger partial charge in [-0.05, 0) is 17.7 Å². The highest BCUT2D eigenvalue weighted by atomic mass is 35.5. The van der Waals surface area contributed by atoms with Gasteiger partial charge in [0.2, 0.25) is 0 Å². The lowest BCUT2D eigenvalue weighted by atomic mass is 10.1. The lowest BCUT2D eigenvalue weighted by Crippen LogP contribution is -2.14. The maximum Gasteiger partial charge on any atom is 0.433 e. The molecule has 2 aromatic rings. The van der Waals surface area contributed by atoms with E-state index in [-0.39, 0.29) is 16.1 Å². The number of pyridine rings is 1. The second-order valence-electron chi connectivity index (χ2n) is 5.14. The minimum Gasteiger partial charge on any atom is -0.464 e. The SMILES string of the molecule is COC(=O)c1nn2c(C(F)(F)F)cc(C3CC3(F)F)cc2c1Cl. The summed E-state index contributed by atoms with van der Waals surface area (Å²) in [7, 11) is 1.02. The van der Waals surface area contributed by atoms with Crippen LogP contribution in [0.2, 0.25) is 5.02 Å². The van der Waals surface area contributed by atoms with Crippen molar-refractivity contribution in [3.63, 3.8) is 0 Å². The van der Waals surface area contributed by atoms with Crippen LogP contribution in [0.15, 0.2) is 12.1 Å². The number of hydrogen-bond acceptors (Lipinski definition) is 3. The van der Waals surface area contributed by atoms with Gasteiger partial charge < -0.3 is 4.74 Å². The molecule has 23 heavy (non-hydrogen) atoms. The van der Waals surface area contributed by atoms with Gasteiger partial charge in [0.25, 0.3) is 5.92 Å². The third-order valence-corrected chi connectivity index (χ3v) is 3.97. The average molecular weight is 355 g/mol. The van der Waals surface area contributed by atoms with Crippen molar-refractivity contribution in [1.29, 1.82) is 0 Å². The number of carbonyl (C=O) groups excluding carboxylic acids is 1. The van der Waals surface area contributed by atoms with Crippen LogP contribution in [-0.2, 0) is 10.9 Å². The van der Waals surface area contributed by atoms with Crippen molar-refractivity contribution in [3.05, 3.63) is 34.1 Å². The van der Waals surface area contributed by atoms with Crippen LogP contribution >= 0.6 is 11.6 Å². The average Bonchev–Trinajstić information content (AvgIpc) is 2.97. The number of aromatic nitrogens is 2. The zero-order chi connectivity index (χ0) is 17.2. The molecule has 4 nitrogen and oxygen atoms in total. The first kappa shape index (κ1) is 16.0. The number of alkyl halides is 5. The first-order chi connectivity index (χ1) is 10.6. The van der Waals surface area contributed by atoms with Gasteiger partial charge in [0.05, 0.1) is 18.5 Å². The quantitative estimate of drug-likeness (QED) is 0.606. The molecule has 1 atom stereocenters. The first-order valence-electron chi connectivity index (χ1n) is 6.32. The van der Waals surface area contributed by atoms with Crippen molar-refractivity contribution in [3.8, 4) is 0 Å². The lowest BCUT2D eigenvalue weighted by molar-refractivity contribution is -0.142. The fourth-order valence-corrected chi connectivity index (χ4v) is 2.59. The van der Waals surface area contributed by atoms with Crippen LogP contribution in [0.25, 0.3) is 5.52 Å². The van der Waals surface area contributed by atoms with Crippen molar-refractivity contribution in [2.45, 2.75) is 24.4 Å². The van der Waals surface area contributed by atoms with Crippen LogP contribution in [-0.4, -0.2) is 28.6 Å². The van der Waals surface area contributed by atoms with E-state index in [4.69, 9.17) is 11.6 Å². The Morgan fingerprint density at radius 3 is 2.52 bits per heavy atom. The third-order valence-electron chi connectivity index (χ3n) is 3.59. The molecule has 0 spiro atoms. The van der Waals surface area contributed by atoms with E-state index in [0.717, 1.165) is 13.2 Å². The van der Waals surface area contributed by atoms with Gasteiger partial charge in [-0.1, -0.05) is 11.6 Å². The van der Waals surface area contributed by atoms with Gasteiger partial charge in [0.1, 0.15) is 10.7 Å². The van der Waals surface area contributed by atoms with E-state index in [9.17, 15) is 26.7 Å². The zero-order valence-corrected chi connectivity index (χ0v) is 12.2. The summed E-state index contributed by atoms with van der Waals surface area (Å²) in [5, 5.41) is 3.13. The number of esters is 1. The second-order valence-corrected chi connectivity index (χ2v) is 5.52. The predicted octanol–water partition coefficient (Wildman–Crippen LogP) is 3.92. The van der Waals surface area contributed by atoms with Crippen molar-refractivity contribution in [2.75, 3.05) is 7.11 Å². The highest BCUT2D eigenvalue weighted by Crippen LogP contribution is 2.56. The highest BCUT2D eigenvalue weighted by molar-refractivity contribution is 6.36. The van der Waals surface area contributed by atoms with Crippen LogP contribution in [0.3, 0.4) is 0 Å². The van der Waals surface area contributed by atoms with E-state index in [2.05, 4.69) is 9.84 Å². The van der Waals surface area contributed by atoms with Crippen molar-refractivity contribution < 1.29 is 31.5 Å². The Labute approximate surface area is 130 Å². The minimum absolute atomic E-state index is 0.201. The van der Waals surface area contributed by atoms with Crippen molar-refractivity contribution >= 4 is 23.1 Å². The molecule has 1 fully saturated rings. The Hall–Kier alpha value is -1.90. The van der Waals surface area contributed by atoms with E-state index in [1.165, 1.54) is 0 Å². The number of carbonyl (C=O) groups is 1. The molecule has 0 radical (unpaired) electrons. The van der Waals surface area contributed by atoms with Crippen LogP contribution in [0, 0.1) is 0 Å². The summed E-state index contributed by atoms with van der Waals surface area (Å²) in [5.74, 6) is -5.37. The molecule has 1 unspecified atom stereocenters. The molecule has 1 aliphatic rings. The molecule has 0 saturated heterocycles. The Morgan fingerprint density at radius 2 is 2.04 bits per heavy atom. The molecule has 1 aliphatic carbocycles. The summed E-state index contributed by atoms with van der Waals surface area (Å²) in [5.41, 5.74) is -2.28. The number of ether oxygens (including phenoxy) is 1. The van der Waals surface area contributed by atoms with Gasteiger partial charge in [-0.2, -0.15) is 18.3 Å². The van der Waals surface area contributed by atoms with Crippen molar-refractivity contribution in [2.24, 2.45) is 0 Å². The zero-order valence-electron chi connectivity index (χ0n) is 11.4. The molecule has 1 saturated carbocycles. The Balaban J connectivity index is 2.27. The van der Waals surface area contributed by atoms with E-state index < -0.39 is 41.8 Å². The lowest BCUT2D eigenvalue weighted by Gasteiger charge is -2.11. The van der Waals surface area contributed by atoms with Crippen molar-refractivity contribution in [1.82, 2.24) is 9.61 Å². The minimum atomic E-state index is -4.86. The molecule has 0 amide bonds. The van der Waals surface area contributed by atoms with Gasteiger partial charge >= 0.3 is 12.1 Å². The maximum absolute atomic E-state index is 13.2. The molecule has 2 aromatic heterocycles. The van der Waals surface area contributed by atoms with E-state index in [0.29, 0.717) is 10.6 Å².